The van der Waals surface area contributed by atoms with Crippen molar-refractivity contribution >= 4 is 0 Å². The lowest BCUT2D eigenvalue weighted by atomic mass is 10.1. The van der Waals surface area contributed by atoms with E-state index in [9.17, 15) is 0 Å². The molecule has 2 aliphatic rings. The zero-order valence-corrected chi connectivity index (χ0v) is 9.70. The van der Waals surface area contributed by atoms with Gasteiger partial charge in [0, 0.05) is 31.7 Å². The normalized spacial score (nSPS) is 25.2. The van der Waals surface area contributed by atoms with Crippen molar-refractivity contribution in [2.24, 2.45) is 0 Å². The molecule has 16 heavy (non-hydrogen) atoms. The summed E-state index contributed by atoms with van der Waals surface area (Å²) in [4.78, 5) is 2.53. The number of ether oxygens (including phenoxy) is 1. The molecule has 3 rings (SSSR count). The van der Waals surface area contributed by atoms with Gasteiger partial charge in [0.15, 0.2) is 0 Å². The van der Waals surface area contributed by atoms with Crippen molar-refractivity contribution in [1.29, 1.82) is 0 Å². The molecule has 1 aromatic rings. The van der Waals surface area contributed by atoms with Crippen LogP contribution < -0.4 is 10.1 Å². The second-order valence-corrected chi connectivity index (χ2v) is 4.75. The van der Waals surface area contributed by atoms with Crippen LogP contribution in [0.15, 0.2) is 18.2 Å². The van der Waals surface area contributed by atoms with Gasteiger partial charge in [0.05, 0.1) is 6.04 Å². The summed E-state index contributed by atoms with van der Waals surface area (Å²) in [6.07, 6.45) is 0. The summed E-state index contributed by atoms with van der Waals surface area (Å²) >= 11 is 0. The molecule has 0 spiro atoms. The third kappa shape index (κ3) is 1.81. The third-order valence-corrected chi connectivity index (χ3v) is 3.50. The molecule has 2 aliphatic heterocycles. The lowest BCUT2D eigenvalue weighted by Crippen LogP contribution is -2.52. The maximum Gasteiger partial charge on any atom is 0.124 e. The summed E-state index contributed by atoms with van der Waals surface area (Å²) in [5.74, 6) is 1.08. The molecule has 0 radical (unpaired) electrons. The van der Waals surface area contributed by atoms with Gasteiger partial charge in [-0.05, 0) is 18.6 Å². The number of benzene rings is 1. The van der Waals surface area contributed by atoms with E-state index in [1.807, 2.05) is 0 Å². The number of nitrogens with zero attached hydrogens (tertiary/aromatic N) is 1. The number of hydrogen-bond donors (Lipinski definition) is 1. The van der Waals surface area contributed by atoms with Crippen molar-refractivity contribution in [2.45, 2.75) is 19.5 Å². The standard InChI is InChI=1S/C13H18N2O/c1-10-2-3-11-8-15-5-4-14-7-12(15)9-16-13(11)6-10/h2-3,6,12,14H,4-5,7-9H2,1H3. The van der Waals surface area contributed by atoms with Crippen LogP contribution in [0, 0.1) is 6.92 Å². The fourth-order valence-electron chi connectivity index (χ4n) is 2.51. The lowest BCUT2D eigenvalue weighted by molar-refractivity contribution is 0.120. The van der Waals surface area contributed by atoms with Crippen molar-refractivity contribution in [1.82, 2.24) is 10.2 Å². The van der Waals surface area contributed by atoms with Gasteiger partial charge in [-0.2, -0.15) is 0 Å². The number of fused-ring (bicyclic) bond motifs is 2. The average molecular weight is 218 g/mol. The molecule has 0 aromatic heterocycles. The van der Waals surface area contributed by atoms with Gasteiger partial charge in [0.2, 0.25) is 0 Å². The van der Waals surface area contributed by atoms with Crippen LogP contribution in [0.4, 0.5) is 0 Å². The highest BCUT2D eigenvalue weighted by atomic mass is 16.5. The van der Waals surface area contributed by atoms with Gasteiger partial charge in [0.1, 0.15) is 12.4 Å². The molecule has 1 unspecified atom stereocenters. The van der Waals surface area contributed by atoms with E-state index in [1.165, 1.54) is 11.1 Å². The van der Waals surface area contributed by atoms with Crippen LogP contribution >= 0.6 is 0 Å². The Morgan fingerprint density at radius 2 is 2.38 bits per heavy atom. The first kappa shape index (κ1) is 10.1. The number of piperazine rings is 1. The Morgan fingerprint density at radius 1 is 1.44 bits per heavy atom. The molecule has 0 bridgehead atoms. The van der Waals surface area contributed by atoms with Crippen molar-refractivity contribution in [2.75, 3.05) is 26.2 Å². The van der Waals surface area contributed by atoms with Crippen molar-refractivity contribution in [3.05, 3.63) is 29.3 Å². The quantitative estimate of drug-likeness (QED) is 0.707. The predicted octanol–water partition coefficient (Wildman–Crippen LogP) is 1.16. The van der Waals surface area contributed by atoms with E-state index in [-0.39, 0.29) is 0 Å². The molecular formula is C13H18N2O. The molecule has 1 fully saturated rings. The van der Waals surface area contributed by atoms with Crippen molar-refractivity contribution < 1.29 is 4.74 Å². The van der Waals surface area contributed by atoms with Gasteiger partial charge in [-0.3, -0.25) is 4.90 Å². The number of aryl methyl sites for hydroxylation is 1. The zero-order chi connectivity index (χ0) is 11.0. The molecule has 0 aliphatic carbocycles. The second-order valence-electron chi connectivity index (χ2n) is 4.75. The van der Waals surface area contributed by atoms with E-state index < -0.39 is 0 Å². The van der Waals surface area contributed by atoms with E-state index in [2.05, 4.69) is 35.3 Å². The van der Waals surface area contributed by atoms with E-state index in [0.717, 1.165) is 38.5 Å². The van der Waals surface area contributed by atoms with Gasteiger partial charge in [-0.25, -0.2) is 0 Å². The topological polar surface area (TPSA) is 24.5 Å². The summed E-state index contributed by atoms with van der Waals surface area (Å²) < 4.78 is 5.92. The number of nitrogens with one attached hydrogen (secondary N) is 1. The van der Waals surface area contributed by atoms with Gasteiger partial charge in [-0.1, -0.05) is 12.1 Å². The third-order valence-electron chi connectivity index (χ3n) is 3.50. The number of rotatable bonds is 0. The summed E-state index contributed by atoms with van der Waals surface area (Å²) in [7, 11) is 0. The summed E-state index contributed by atoms with van der Waals surface area (Å²) in [6.45, 7) is 7.22. The zero-order valence-electron chi connectivity index (χ0n) is 9.70. The molecule has 86 valence electrons. The Morgan fingerprint density at radius 3 is 3.31 bits per heavy atom. The molecule has 1 saturated heterocycles. The summed E-state index contributed by atoms with van der Waals surface area (Å²) in [6, 6.07) is 7.06. The second kappa shape index (κ2) is 4.07. The molecule has 1 N–H and O–H groups in total. The van der Waals surface area contributed by atoms with Crippen LogP contribution in [0.5, 0.6) is 5.75 Å². The lowest BCUT2D eigenvalue weighted by Gasteiger charge is -2.33. The highest BCUT2D eigenvalue weighted by Crippen LogP contribution is 2.26. The Hall–Kier alpha value is -1.06. The monoisotopic (exact) mass is 218 g/mol. The van der Waals surface area contributed by atoms with Crippen molar-refractivity contribution in [3.8, 4) is 5.75 Å². The summed E-state index contributed by atoms with van der Waals surface area (Å²) in [5, 5.41) is 3.43. The van der Waals surface area contributed by atoms with Crippen LogP contribution in [0.1, 0.15) is 11.1 Å². The first-order chi connectivity index (χ1) is 7.83. The molecule has 3 nitrogen and oxygen atoms in total. The van der Waals surface area contributed by atoms with Gasteiger partial charge in [0.25, 0.3) is 0 Å². The minimum atomic E-state index is 0.529. The molecule has 0 amide bonds. The molecule has 3 heteroatoms. The van der Waals surface area contributed by atoms with Crippen LogP contribution in [0.25, 0.3) is 0 Å². The fourth-order valence-corrected chi connectivity index (χ4v) is 2.51. The molecule has 1 aromatic carbocycles. The Balaban J connectivity index is 1.89. The highest BCUT2D eigenvalue weighted by Gasteiger charge is 2.26. The minimum Gasteiger partial charge on any atom is -0.492 e. The first-order valence-corrected chi connectivity index (χ1v) is 6.00. The highest BCUT2D eigenvalue weighted by molar-refractivity contribution is 5.37. The maximum atomic E-state index is 5.92. The molecule has 1 atom stereocenters. The van der Waals surface area contributed by atoms with E-state index in [0.29, 0.717) is 6.04 Å². The maximum absolute atomic E-state index is 5.92. The van der Waals surface area contributed by atoms with Crippen LogP contribution in [0.2, 0.25) is 0 Å². The summed E-state index contributed by atoms with van der Waals surface area (Å²) in [5.41, 5.74) is 2.60. The SMILES string of the molecule is Cc1ccc2c(c1)OCC1CNCCN1C2. The molecule has 0 saturated carbocycles. The fraction of sp³-hybridized carbons (Fsp3) is 0.538. The minimum absolute atomic E-state index is 0.529. The van der Waals surface area contributed by atoms with Crippen molar-refractivity contribution in [3.63, 3.8) is 0 Å². The van der Waals surface area contributed by atoms with Gasteiger partial charge < -0.3 is 10.1 Å². The number of hydrogen-bond acceptors (Lipinski definition) is 3. The predicted molar refractivity (Wildman–Crippen MR) is 63.7 cm³/mol. The molecular weight excluding hydrogens is 200 g/mol. The average Bonchev–Trinajstić information content (AvgIpc) is 2.48. The Kier molecular flexibility index (Phi) is 2.58. The van der Waals surface area contributed by atoms with E-state index >= 15 is 0 Å². The van der Waals surface area contributed by atoms with E-state index in [4.69, 9.17) is 4.74 Å². The Labute approximate surface area is 96.4 Å². The first-order valence-electron chi connectivity index (χ1n) is 6.00. The van der Waals surface area contributed by atoms with Gasteiger partial charge >= 0.3 is 0 Å². The van der Waals surface area contributed by atoms with Gasteiger partial charge in [-0.15, -0.1) is 0 Å². The Bertz CT molecular complexity index is 392. The largest absolute Gasteiger partial charge is 0.492 e. The van der Waals surface area contributed by atoms with E-state index in [1.54, 1.807) is 0 Å². The van der Waals surface area contributed by atoms with Crippen LogP contribution in [-0.4, -0.2) is 37.2 Å². The molecule has 2 heterocycles. The van der Waals surface area contributed by atoms with Crippen LogP contribution in [0.3, 0.4) is 0 Å². The smallest absolute Gasteiger partial charge is 0.124 e. The van der Waals surface area contributed by atoms with Crippen LogP contribution in [-0.2, 0) is 6.54 Å².